The van der Waals surface area contributed by atoms with Crippen LogP contribution in [0.2, 0.25) is 6.04 Å². The average molecular weight is 143 g/mol. The second kappa shape index (κ2) is 2.98. The zero-order valence-corrected chi connectivity index (χ0v) is 6.31. The standard InChI is InChI=1S/C5H9NO2Si/c1-8-5(7)4-2-3-9-6-4/h4,6H,2-3H2,1H3. The van der Waals surface area contributed by atoms with Crippen molar-refractivity contribution in [3.63, 3.8) is 0 Å². The van der Waals surface area contributed by atoms with E-state index in [-0.39, 0.29) is 12.0 Å². The maximum absolute atomic E-state index is 10.7. The number of rotatable bonds is 1. The van der Waals surface area contributed by atoms with Crippen molar-refractivity contribution >= 4 is 15.7 Å². The lowest BCUT2D eigenvalue weighted by molar-refractivity contribution is -0.142. The van der Waals surface area contributed by atoms with Gasteiger partial charge in [0.15, 0.2) is 0 Å². The Morgan fingerprint density at radius 2 is 2.67 bits per heavy atom. The first kappa shape index (κ1) is 6.76. The summed E-state index contributed by atoms with van der Waals surface area (Å²) < 4.78 is 4.54. The molecule has 1 aliphatic heterocycles. The van der Waals surface area contributed by atoms with Crippen LogP contribution in [0, 0.1) is 0 Å². The Balaban J connectivity index is 2.32. The van der Waals surface area contributed by atoms with Crippen LogP contribution in [-0.2, 0) is 9.53 Å². The number of carbonyl (C=O) groups is 1. The molecule has 3 nitrogen and oxygen atoms in total. The number of carbonyl (C=O) groups excluding carboxylic acids is 1. The summed E-state index contributed by atoms with van der Waals surface area (Å²) in [4.78, 5) is 13.8. The van der Waals surface area contributed by atoms with Crippen molar-refractivity contribution in [3.8, 4) is 0 Å². The van der Waals surface area contributed by atoms with E-state index in [0.29, 0.717) is 0 Å². The van der Waals surface area contributed by atoms with Crippen molar-refractivity contribution in [2.75, 3.05) is 7.11 Å². The van der Waals surface area contributed by atoms with Crippen molar-refractivity contribution in [2.45, 2.75) is 18.5 Å². The molecule has 1 aliphatic rings. The minimum Gasteiger partial charge on any atom is -0.468 e. The molecule has 0 amide bonds. The van der Waals surface area contributed by atoms with Gasteiger partial charge in [0.2, 0.25) is 0 Å². The minimum absolute atomic E-state index is 0.0201. The molecule has 1 saturated heterocycles. The van der Waals surface area contributed by atoms with E-state index in [2.05, 4.69) is 9.72 Å². The van der Waals surface area contributed by atoms with Crippen LogP contribution in [0.5, 0.6) is 0 Å². The van der Waals surface area contributed by atoms with Crippen LogP contribution in [0.1, 0.15) is 6.42 Å². The Hall–Kier alpha value is -0.353. The number of hydrogen-bond acceptors (Lipinski definition) is 3. The second-order valence-electron chi connectivity index (χ2n) is 1.94. The van der Waals surface area contributed by atoms with E-state index in [9.17, 15) is 4.79 Å². The molecule has 0 spiro atoms. The smallest absolute Gasteiger partial charge is 0.322 e. The SMILES string of the molecule is COC(=O)C1CC[Si]N1. The number of hydrogen-bond donors (Lipinski definition) is 1. The summed E-state index contributed by atoms with van der Waals surface area (Å²) in [5.74, 6) is -0.125. The van der Waals surface area contributed by atoms with E-state index in [1.165, 1.54) is 7.11 Å². The van der Waals surface area contributed by atoms with E-state index in [0.717, 1.165) is 22.1 Å². The predicted molar refractivity (Wildman–Crippen MR) is 34.1 cm³/mol. The molecule has 1 unspecified atom stereocenters. The Labute approximate surface area is 56.7 Å². The number of nitrogens with one attached hydrogen (secondary N) is 1. The van der Waals surface area contributed by atoms with Crippen LogP contribution in [0.15, 0.2) is 0 Å². The van der Waals surface area contributed by atoms with E-state index in [4.69, 9.17) is 0 Å². The Morgan fingerprint density at radius 3 is 3.11 bits per heavy atom. The van der Waals surface area contributed by atoms with Gasteiger partial charge in [-0.2, -0.15) is 0 Å². The third-order valence-corrected chi connectivity index (χ3v) is 2.41. The molecule has 50 valence electrons. The monoisotopic (exact) mass is 143 g/mol. The fraction of sp³-hybridized carbons (Fsp3) is 0.800. The summed E-state index contributed by atoms with van der Waals surface area (Å²) in [6.45, 7) is 0. The van der Waals surface area contributed by atoms with Crippen LogP contribution < -0.4 is 4.98 Å². The second-order valence-corrected chi connectivity index (χ2v) is 3.08. The van der Waals surface area contributed by atoms with Crippen molar-refractivity contribution in [1.29, 1.82) is 0 Å². The van der Waals surface area contributed by atoms with Gasteiger partial charge in [-0.25, -0.2) is 0 Å². The van der Waals surface area contributed by atoms with Gasteiger partial charge in [0.25, 0.3) is 0 Å². The highest BCUT2D eigenvalue weighted by Crippen LogP contribution is 2.04. The van der Waals surface area contributed by atoms with Gasteiger partial charge in [-0.05, 0) is 12.5 Å². The van der Waals surface area contributed by atoms with Crippen molar-refractivity contribution in [3.05, 3.63) is 0 Å². The van der Waals surface area contributed by atoms with Crippen molar-refractivity contribution < 1.29 is 9.53 Å². The first-order valence-electron chi connectivity index (χ1n) is 2.91. The highest BCUT2D eigenvalue weighted by Gasteiger charge is 2.22. The van der Waals surface area contributed by atoms with Crippen LogP contribution in [-0.4, -0.2) is 28.8 Å². The molecule has 0 aromatic heterocycles. The Kier molecular flexibility index (Phi) is 2.24. The lowest BCUT2D eigenvalue weighted by Gasteiger charge is -2.05. The molecule has 4 heteroatoms. The Morgan fingerprint density at radius 1 is 1.89 bits per heavy atom. The lowest BCUT2D eigenvalue weighted by atomic mass is 10.2. The third kappa shape index (κ3) is 1.52. The van der Waals surface area contributed by atoms with Crippen LogP contribution in [0.3, 0.4) is 0 Å². The normalized spacial score (nSPS) is 26.1. The van der Waals surface area contributed by atoms with E-state index >= 15 is 0 Å². The number of methoxy groups -OCH3 is 1. The van der Waals surface area contributed by atoms with E-state index < -0.39 is 0 Å². The first-order valence-corrected chi connectivity index (χ1v) is 4.11. The first-order chi connectivity index (χ1) is 4.34. The van der Waals surface area contributed by atoms with Crippen LogP contribution >= 0.6 is 0 Å². The highest BCUT2D eigenvalue weighted by atomic mass is 28.2. The number of esters is 1. The molecule has 9 heavy (non-hydrogen) atoms. The van der Waals surface area contributed by atoms with Gasteiger partial charge >= 0.3 is 5.97 Å². The molecule has 2 radical (unpaired) electrons. The van der Waals surface area contributed by atoms with E-state index in [1.54, 1.807) is 0 Å². The van der Waals surface area contributed by atoms with Gasteiger partial charge in [-0.3, -0.25) is 4.79 Å². The fourth-order valence-electron chi connectivity index (χ4n) is 0.803. The van der Waals surface area contributed by atoms with Crippen LogP contribution in [0.25, 0.3) is 0 Å². The zero-order chi connectivity index (χ0) is 6.69. The van der Waals surface area contributed by atoms with Gasteiger partial charge in [-0.15, -0.1) is 0 Å². The Bertz CT molecular complexity index is 112. The molecule has 1 N–H and O–H groups in total. The van der Waals surface area contributed by atoms with Gasteiger partial charge in [0, 0.05) is 0 Å². The maximum Gasteiger partial charge on any atom is 0.322 e. The molecule has 1 rings (SSSR count). The molecule has 1 atom stereocenters. The van der Waals surface area contributed by atoms with Gasteiger partial charge in [-0.1, -0.05) is 0 Å². The maximum atomic E-state index is 10.7. The van der Waals surface area contributed by atoms with Crippen molar-refractivity contribution in [1.82, 2.24) is 4.98 Å². The average Bonchev–Trinajstić information content (AvgIpc) is 2.37. The highest BCUT2D eigenvalue weighted by molar-refractivity contribution is 6.34. The summed E-state index contributed by atoms with van der Waals surface area (Å²) >= 11 is 0. The van der Waals surface area contributed by atoms with E-state index in [1.807, 2.05) is 0 Å². The van der Waals surface area contributed by atoms with Crippen LogP contribution in [0.4, 0.5) is 0 Å². The molecule has 1 heterocycles. The quantitative estimate of drug-likeness (QED) is 0.399. The van der Waals surface area contributed by atoms with Gasteiger partial charge in [0.1, 0.15) is 9.68 Å². The largest absolute Gasteiger partial charge is 0.468 e. The van der Waals surface area contributed by atoms with Crippen molar-refractivity contribution in [2.24, 2.45) is 0 Å². The molecule has 0 aliphatic carbocycles. The molecule has 0 saturated carbocycles. The molecule has 0 aromatic carbocycles. The van der Waals surface area contributed by atoms with Gasteiger partial charge < -0.3 is 9.72 Å². The molecule has 0 bridgehead atoms. The summed E-state index contributed by atoms with van der Waals surface area (Å²) in [6, 6.07) is 1.09. The molecule has 1 fully saturated rings. The predicted octanol–water partition coefficient (Wildman–Crippen LogP) is -0.441. The summed E-state index contributed by atoms with van der Waals surface area (Å²) in [7, 11) is 2.16. The summed E-state index contributed by atoms with van der Waals surface area (Å²) in [5, 5.41) is 0. The topological polar surface area (TPSA) is 38.3 Å². The summed E-state index contributed by atoms with van der Waals surface area (Å²) in [6.07, 6.45) is 0.936. The summed E-state index contributed by atoms with van der Waals surface area (Å²) in [5.41, 5.74) is 0. The minimum atomic E-state index is -0.125. The molecule has 0 aromatic rings. The fourth-order valence-corrected chi connectivity index (χ4v) is 1.89. The third-order valence-electron chi connectivity index (χ3n) is 1.32. The lowest BCUT2D eigenvalue weighted by Crippen LogP contribution is -2.32. The molecular weight excluding hydrogens is 134 g/mol. The van der Waals surface area contributed by atoms with Gasteiger partial charge in [0.05, 0.1) is 13.2 Å². The molecular formula is C5H9NO2Si. The number of ether oxygens (including phenoxy) is 1. The zero-order valence-electron chi connectivity index (χ0n) is 5.31.